The van der Waals surface area contributed by atoms with Gasteiger partial charge in [-0.1, -0.05) is 21.1 Å². The lowest BCUT2D eigenvalue weighted by atomic mass is 10.1. The average Bonchev–Trinajstić information content (AvgIpc) is 2.70. The highest BCUT2D eigenvalue weighted by Crippen LogP contribution is 2.27. The number of rotatable bonds is 2. The molecule has 2 heterocycles. The first-order chi connectivity index (χ1) is 6.61. The summed E-state index contributed by atoms with van der Waals surface area (Å²) in [7, 11) is -2.88. The van der Waals surface area contributed by atoms with Crippen molar-refractivity contribution in [3.8, 4) is 0 Å². The van der Waals surface area contributed by atoms with Crippen LogP contribution in [0.1, 0.15) is 24.1 Å². The molecule has 0 saturated carbocycles. The van der Waals surface area contributed by atoms with Crippen LogP contribution in [0.3, 0.4) is 0 Å². The van der Waals surface area contributed by atoms with E-state index in [2.05, 4.69) is 26.1 Å². The van der Waals surface area contributed by atoms with Gasteiger partial charge in [0.25, 0.3) is 0 Å². The first-order valence-corrected chi connectivity index (χ1v) is 7.14. The monoisotopic (exact) mass is 280 g/mol. The van der Waals surface area contributed by atoms with E-state index < -0.39 is 9.84 Å². The zero-order valence-electron chi connectivity index (χ0n) is 7.31. The fourth-order valence-corrected chi connectivity index (χ4v) is 3.44. The zero-order valence-corrected chi connectivity index (χ0v) is 9.71. The molecule has 0 bridgehead atoms. The molecule has 1 saturated heterocycles. The van der Waals surface area contributed by atoms with Crippen LogP contribution in [-0.4, -0.2) is 30.1 Å². The van der Waals surface area contributed by atoms with Crippen LogP contribution in [0.2, 0.25) is 0 Å². The van der Waals surface area contributed by atoms with Crippen LogP contribution in [0, 0.1) is 0 Å². The number of hydrogen-bond donors (Lipinski definition) is 0. The highest BCUT2D eigenvalue weighted by Gasteiger charge is 2.32. The molecule has 0 amide bonds. The Kier molecular flexibility index (Phi) is 2.61. The van der Waals surface area contributed by atoms with Crippen molar-refractivity contribution in [2.45, 2.75) is 17.7 Å². The summed E-state index contributed by atoms with van der Waals surface area (Å²) < 4.78 is 27.4. The summed E-state index contributed by atoms with van der Waals surface area (Å²) in [6.45, 7) is 0. The maximum absolute atomic E-state index is 11.2. The molecule has 1 aromatic heterocycles. The summed E-state index contributed by atoms with van der Waals surface area (Å²) in [6.07, 6.45) is 0.590. The summed E-state index contributed by atoms with van der Waals surface area (Å²) in [4.78, 5) is 4.09. The van der Waals surface area contributed by atoms with Crippen molar-refractivity contribution in [1.29, 1.82) is 0 Å². The molecule has 2 rings (SSSR count). The molecule has 0 radical (unpaired) electrons. The van der Waals surface area contributed by atoms with E-state index in [9.17, 15) is 8.42 Å². The fraction of sp³-hybridized carbons (Fsp3) is 0.714. The molecule has 1 fully saturated rings. The lowest BCUT2D eigenvalue weighted by molar-refractivity contribution is 0.357. The standard InChI is InChI=1S/C7H9BrN2O3S/c8-3-6-9-7(13-10-6)5-1-2-14(11,12)4-5/h5H,1-4H2. The third kappa shape index (κ3) is 1.98. The topological polar surface area (TPSA) is 73.1 Å². The van der Waals surface area contributed by atoms with E-state index >= 15 is 0 Å². The highest BCUT2D eigenvalue weighted by atomic mass is 79.9. The van der Waals surface area contributed by atoms with Crippen LogP contribution in [0.15, 0.2) is 4.52 Å². The maximum atomic E-state index is 11.2. The normalized spacial score (nSPS) is 25.4. The minimum absolute atomic E-state index is 0.111. The molecule has 7 heteroatoms. The third-order valence-electron chi connectivity index (χ3n) is 2.18. The van der Waals surface area contributed by atoms with Crippen LogP contribution < -0.4 is 0 Å². The van der Waals surface area contributed by atoms with Crippen LogP contribution in [-0.2, 0) is 15.2 Å². The lowest BCUT2D eigenvalue weighted by Crippen LogP contribution is -2.04. The smallest absolute Gasteiger partial charge is 0.230 e. The van der Waals surface area contributed by atoms with E-state index in [1.165, 1.54) is 0 Å². The van der Waals surface area contributed by atoms with Crippen molar-refractivity contribution < 1.29 is 12.9 Å². The Balaban J connectivity index is 2.17. The van der Waals surface area contributed by atoms with E-state index in [0.717, 1.165) is 0 Å². The molecule has 1 unspecified atom stereocenters. The van der Waals surface area contributed by atoms with Gasteiger partial charge in [-0.25, -0.2) is 8.42 Å². The Morgan fingerprint density at radius 2 is 2.36 bits per heavy atom. The number of hydrogen-bond acceptors (Lipinski definition) is 5. The van der Waals surface area contributed by atoms with Gasteiger partial charge >= 0.3 is 0 Å². The van der Waals surface area contributed by atoms with Crippen molar-refractivity contribution >= 4 is 25.8 Å². The molecule has 0 spiro atoms. The van der Waals surface area contributed by atoms with E-state index in [1.807, 2.05) is 0 Å². The quantitative estimate of drug-likeness (QED) is 0.752. The molecular formula is C7H9BrN2O3S. The molecule has 5 nitrogen and oxygen atoms in total. The summed E-state index contributed by atoms with van der Waals surface area (Å²) in [5.74, 6) is 1.26. The Labute approximate surface area is 89.9 Å². The third-order valence-corrected chi connectivity index (χ3v) is 4.45. The van der Waals surface area contributed by atoms with Gasteiger partial charge in [-0.3, -0.25) is 0 Å². The molecular weight excluding hydrogens is 272 g/mol. The predicted octanol–water partition coefficient (Wildman–Crippen LogP) is 0.867. The predicted molar refractivity (Wildman–Crippen MR) is 52.9 cm³/mol. The molecule has 1 aliphatic rings. The first-order valence-electron chi connectivity index (χ1n) is 4.19. The molecule has 1 atom stereocenters. The fourth-order valence-electron chi connectivity index (χ4n) is 1.48. The van der Waals surface area contributed by atoms with Gasteiger partial charge in [-0.2, -0.15) is 4.98 Å². The second kappa shape index (κ2) is 3.62. The molecule has 14 heavy (non-hydrogen) atoms. The second-order valence-corrected chi connectivity index (χ2v) is 6.07. The van der Waals surface area contributed by atoms with Crippen LogP contribution in [0.25, 0.3) is 0 Å². The SMILES string of the molecule is O=S1(=O)CCC(c2nc(CBr)no2)C1. The molecule has 1 aromatic rings. The molecule has 1 aliphatic heterocycles. The Hall–Kier alpha value is -0.430. The van der Waals surface area contributed by atoms with Gasteiger partial charge in [-0.15, -0.1) is 0 Å². The van der Waals surface area contributed by atoms with Gasteiger partial charge in [0.15, 0.2) is 15.7 Å². The summed E-state index contributed by atoms with van der Waals surface area (Å²) in [6, 6.07) is 0. The Bertz CT molecular complexity index is 428. The summed E-state index contributed by atoms with van der Waals surface area (Å²) in [5.41, 5.74) is 0. The summed E-state index contributed by atoms with van der Waals surface area (Å²) in [5, 5.41) is 4.22. The highest BCUT2D eigenvalue weighted by molar-refractivity contribution is 9.08. The number of sulfone groups is 1. The number of alkyl halides is 1. The van der Waals surface area contributed by atoms with E-state index in [4.69, 9.17) is 4.52 Å². The Morgan fingerprint density at radius 3 is 2.86 bits per heavy atom. The average molecular weight is 281 g/mol. The van der Waals surface area contributed by atoms with Crippen molar-refractivity contribution in [3.63, 3.8) is 0 Å². The van der Waals surface area contributed by atoms with Gasteiger partial charge < -0.3 is 4.52 Å². The van der Waals surface area contributed by atoms with Gasteiger partial charge in [0.1, 0.15) is 0 Å². The first kappa shape index (κ1) is 10.1. The van der Waals surface area contributed by atoms with E-state index in [-0.39, 0.29) is 17.4 Å². The van der Waals surface area contributed by atoms with Gasteiger partial charge in [0, 0.05) is 0 Å². The number of halogens is 1. The Morgan fingerprint density at radius 1 is 1.57 bits per heavy atom. The largest absolute Gasteiger partial charge is 0.339 e. The van der Waals surface area contributed by atoms with Gasteiger partial charge in [0.05, 0.1) is 22.8 Å². The minimum Gasteiger partial charge on any atom is -0.339 e. The molecule has 0 aliphatic carbocycles. The zero-order chi connectivity index (χ0) is 10.2. The minimum atomic E-state index is -2.88. The molecule has 0 aromatic carbocycles. The molecule has 0 N–H and O–H groups in total. The van der Waals surface area contributed by atoms with E-state index in [0.29, 0.717) is 23.5 Å². The van der Waals surface area contributed by atoms with Crippen molar-refractivity contribution in [1.82, 2.24) is 10.1 Å². The maximum Gasteiger partial charge on any atom is 0.230 e. The van der Waals surface area contributed by atoms with Crippen molar-refractivity contribution in [2.75, 3.05) is 11.5 Å². The molecule has 78 valence electrons. The number of aromatic nitrogens is 2. The van der Waals surface area contributed by atoms with E-state index in [1.54, 1.807) is 0 Å². The van der Waals surface area contributed by atoms with Crippen LogP contribution >= 0.6 is 15.9 Å². The van der Waals surface area contributed by atoms with Crippen LogP contribution in [0.5, 0.6) is 0 Å². The summed E-state index contributed by atoms with van der Waals surface area (Å²) >= 11 is 3.20. The van der Waals surface area contributed by atoms with Crippen molar-refractivity contribution in [3.05, 3.63) is 11.7 Å². The van der Waals surface area contributed by atoms with Crippen molar-refractivity contribution in [2.24, 2.45) is 0 Å². The van der Waals surface area contributed by atoms with Gasteiger partial charge in [-0.05, 0) is 6.42 Å². The number of nitrogens with zero attached hydrogens (tertiary/aromatic N) is 2. The van der Waals surface area contributed by atoms with Crippen LogP contribution in [0.4, 0.5) is 0 Å². The second-order valence-electron chi connectivity index (χ2n) is 3.28. The van der Waals surface area contributed by atoms with Gasteiger partial charge in [0.2, 0.25) is 5.89 Å². The lowest BCUT2D eigenvalue weighted by Gasteiger charge is -1.97.